The van der Waals surface area contributed by atoms with Crippen molar-refractivity contribution < 1.29 is 0 Å². The van der Waals surface area contributed by atoms with Gasteiger partial charge in [0.2, 0.25) is 0 Å². The van der Waals surface area contributed by atoms with Crippen molar-refractivity contribution in [2.75, 3.05) is 6.54 Å². The molecule has 0 aromatic carbocycles. The molecule has 0 aromatic rings. The average Bonchev–Trinajstić information content (AvgIpc) is 2.25. The van der Waals surface area contributed by atoms with Crippen molar-refractivity contribution >= 4 is 0 Å². The largest absolute Gasteiger partial charge is 0.385 e. The molecule has 0 fully saturated rings. The van der Waals surface area contributed by atoms with Crippen molar-refractivity contribution in [1.82, 2.24) is 5.32 Å². The van der Waals surface area contributed by atoms with Crippen LogP contribution in [0.4, 0.5) is 0 Å². The fraction of sp³-hybridized carbons (Fsp3) is 0.600. The van der Waals surface area contributed by atoms with Gasteiger partial charge in [-0.25, -0.2) is 0 Å². The van der Waals surface area contributed by atoms with Gasteiger partial charge in [-0.2, -0.15) is 0 Å². The second-order valence-corrected chi connectivity index (χ2v) is 4.77. The topological polar surface area (TPSA) is 12.0 Å². The van der Waals surface area contributed by atoms with Gasteiger partial charge in [0.15, 0.2) is 0 Å². The zero-order valence-corrected chi connectivity index (χ0v) is 11.2. The van der Waals surface area contributed by atoms with Crippen LogP contribution in [0.5, 0.6) is 0 Å². The van der Waals surface area contributed by atoms with Gasteiger partial charge < -0.3 is 5.32 Å². The van der Waals surface area contributed by atoms with E-state index in [0.717, 1.165) is 18.7 Å². The molecule has 1 nitrogen and oxygen atoms in total. The predicted octanol–water partition coefficient (Wildman–Crippen LogP) is 4.44. The summed E-state index contributed by atoms with van der Waals surface area (Å²) >= 11 is 0. The molecule has 0 rings (SSSR count). The van der Waals surface area contributed by atoms with E-state index >= 15 is 0 Å². The van der Waals surface area contributed by atoms with Crippen LogP contribution in [0.15, 0.2) is 37.1 Å². The van der Waals surface area contributed by atoms with Crippen LogP contribution in [0.2, 0.25) is 0 Å². The standard InChI is InChI=1S/C15H27N/c1-6-9-12-15(5,11-8-3)13-16-14(4)10-7-2/h6-7,10,16H,1,4,8-9,11-13H2,2-3,5H3/b10-7+. The monoisotopic (exact) mass is 221 g/mol. The third-order valence-corrected chi connectivity index (χ3v) is 2.92. The summed E-state index contributed by atoms with van der Waals surface area (Å²) in [7, 11) is 0. The van der Waals surface area contributed by atoms with Crippen LogP contribution < -0.4 is 5.32 Å². The van der Waals surface area contributed by atoms with Gasteiger partial charge in [0.25, 0.3) is 0 Å². The van der Waals surface area contributed by atoms with E-state index in [1.54, 1.807) is 0 Å². The van der Waals surface area contributed by atoms with Crippen molar-refractivity contribution in [1.29, 1.82) is 0 Å². The van der Waals surface area contributed by atoms with E-state index < -0.39 is 0 Å². The minimum absolute atomic E-state index is 0.355. The highest BCUT2D eigenvalue weighted by molar-refractivity contribution is 5.11. The fourth-order valence-electron chi connectivity index (χ4n) is 1.94. The number of nitrogens with one attached hydrogen (secondary N) is 1. The summed E-state index contributed by atoms with van der Waals surface area (Å²) in [5, 5.41) is 3.40. The molecule has 0 saturated carbocycles. The second-order valence-electron chi connectivity index (χ2n) is 4.77. The van der Waals surface area contributed by atoms with Gasteiger partial charge in [-0.1, -0.05) is 39.0 Å². The maximum atomic E-state index is 3.97. The van der Waals surface area contributed by atoms with Crippen LogP contribution >= 0.6 is 0 Å². The van der Waals surface area contributed by atoms with Gasteiger partial charge in [0, 0.05) is 12.2 Å². The van der Waals surface area contributed by atoms with E-state index in [1.165, 1.54) is 19.3 Å². The summed E-state index contributed by atoms with van der Waals surface area (Å²) in [5.74, 6) is 0. The molecule has 92 valence electrons. The Morgan fingerprint density at radius 3 is 2.56 bits per heavy atom. The summed E-state index contributed by atoms with van der Waals surface area (Å²) in [6, 6.07) is 0. The molecule has 0 aromatic heterocycles. The maximum Gasteiger partial charge on any atom is 0.0263 e. The van der Waals surface area contributed by atoms with Crippen LogP contribution in [0.3, 0.4) is 0 Å². The minimum atomic E-state index is 0.355. The van der Waals surface area contributed by atoms with Crippen molar-refractivity contribution in [2.45, 2.75) is 46.5 Å². The van der Waals surface area contributed by atoms with Crippen molar-refractivity contribution in [2.24, 2.45) is 5.41 Å². The summed E-state index contributed by atoms with van der Waals surface area (Å²) in [4.78, 5) is 0. The average molecular weight is 221 g/mol. The smallest absolute Gasteiger partial charge is 0.0263 e. The molecule has 0 saturated heterocycles. The Morgan fingerprint density at radius 1 is 1.38 bits per heavy atom. The lowest BCUT2D eigenvalue weighted by atomic mass is 9.81. The Kier molecular flexibility index (Phi) is 7.70. The Hall–Kier alpha value is -0.980. The van der Waals surface area contributed by atoms with E-state index in [4.69, 9.17) is 0 Å². The molecular weight excluding hydrogens is 194 g/mol. The van der Waals surface area contributed by atoms with Crippen molar-refractivity contribution in [3.05, 3.63) is 37.1 Å². The van der Waals surface area contributed by atoms with E-state index in [2.05, 4.69) is 32.3 Å². The third-order valence-electron chi connectivity index (χ3n) is 2.92. The lowest BCUT2D eigenvalue weighted by molar-refractivity contribution is 0.266. The van der Waals surface area contributed by atoms with E-state index in [0.29, 0.717) is 5.41 Å². The highest BCUT2D eigenvalue weighted by atomic mass is 14.9. The first kappa shape index (κ1) is 15.0. The SMILES string of the molecule is C=CCCC(C)(CCC)CNC(=C)/C=C/C. The molecule has 0 heterocycles. The van der Waals surface area contributed by atoms with Gasteiger partial charge in [-0.15, -0.1) is 6.58 Å². The zero-order valence-electron chi connectivity index (χ0n) is 11.2. The summed E-state index contributed by atoms with van der Waals surface area (Å²) < 4.78 is 0. The molecule has 1 heteroatoms. The number of hydrogen-bond acceptors (Lipinski definition) is 1. The molecule has 16 heavy (non-hydrogen) atoms. The van der Waals surface area contributed by atoms with Crippen LogP contribution in [0.1, 0.15) is 46.5 Å². The molecule has 0 bridgehead atoms. The van der Waals surface area contributed by atoms with Gasteiger partial charge >= 0.3 is 0 Å². The molecule has 1 atom stereocenters. The second kappa shape index (κ2) is 8.20. The van der Waals surface area contributed by atoms with Crippen LogP contribution in [-0.2, 0) is 0 Å². The van der Waals surface area contributed by atoms with Crippen LogP contribution in [0, 0.1) is 5.41 Å². The van der Waals surface area contributed by atoms with Gasteiger partial charge in [-0.3, -0.25) is 0 Å². The molecule has 0 amide bonds. The molecule has 0 aliphatic rings. The summed E-state index contributed by atoms with van der Waals surface area (Å²) in [6.07, 6.45) is 10.8. The van der Waals surface area contributed by atoms with Crippen LogP contribution in [-0.4, -0.2) is 6.54 Å². The molecule has 0 spiro atoms. The van der Waals surface area contributed by atoms with E-state index in [-0.39, 0.29) is 0 Å². The first-order chi connectivity index (χ1) is 7.58. The molecular formula is C15H27N. The maximum absolute atomic E-state index is 3.97. The number of allylic oxidation sites excluding steroid dienone is 3. The summed E-state index contributed by atoms with van der Waals surface area (Å²) in [6.45, 7) is 15.4. The highest BCUT2D eigenvalue weighted by Crippen LogP contribution is 2.28. The number of rotatable bonds is 9. The minimum Gasteiger partial charge on any atom is -0.385 e. The molecule has 0 aliphatic heterocycles. The molecule has 0 radical (unpaired) electrons. The van der Waals surface area contributed by atoms with Gasteiger partial charge in [0.05, 0.1) is 0 Å². The van der Waals surface area contributed by atoms with E-state index in [1.807, 2.05) is 25.2 Å². The Bertz CT molecular complexity index is 240. The van der Waals surface area contributed by atoms with Crippen molar-refractivity contribution in [3.8, 4) is 0 Å². The lowest BCUT2D eigenvalue weighted by Crippen LogP contribution is -2.30. The summed E-state index contributed by atoms with van der Waals surface area (Å²) in [5.41, 5.74) is 1.36. The van der Waals surface area contributed by atoms with Crippen molar-refractivity contribution in [3.63, 3.8) is 0 Å². The fourth-order valence-corrected chi connectivity index (χ4v) is 1.94. The Labute approximate surface area is 101 Å². The first-order valence-corrected chi connectivity index (χ1v) is 6.24. The normalized spacial score (nSPS) is 14.7. The Morgan fingerprint density at radius 2 is 2.06 bits per heavy atom. The third kappa shape index (κ3) is 6.49. The first-order valence-electron chi connectivity index (χ1n) is 6.24. The predicted molar refractivity (Wildman–Crippen MR) is 74.4 cm³/mol. The quantitative estimate of drug-likeness (QED) is 0.448. The van der Waals surface area contributed by atoms with Gasteiger partial charge in [0.1, 0.15) is 0 Å². The van der Waals surface area contributed by atoms with E-state index in [9.17, 15) is 0 Å². The lowest BCUT2D eigenvalue weighted by Gasteiger charge is -2.30. The molecule has 1 N–H and O–H groups in total. The van der Waals surface area contributed by atoms with Gasteiger partial charge in [-0.05, 0) is 37.7 Å². The number of hydrogen-bond donors (Lipinski definition) is 1. The Balaban J connectivity index is 4.19. The molecule has 0 aliphatic carbocycles. The highest BCUT2D eigenvalue weighted by Gasteiger charge is 2.21. The van der Waals surface area contributed by atoms with Crippen LogP contribution in [0.25, 0.3) is 0 Å². The molecule has 1 unspecified atom stereocenters. The zero-order chi connectivity index (χ0) is 12.4.